The van der Waals surface area contributed by atoms with Crippen LogP contribution in [0.4, 0.5) is 0 Å². The SMILES string of the molecule is COC(C)Oc1nnc(OC(C)OC)c2c1nc(C)n2Cc1ccc(-c2ccccc2C(=O)O)cc1. The lowest BCUT2D eigenvalue weighted by Gasteiger charge is -2.16. The highest BCUT2D eigenvalue weighted by Crippen LogP contribution is 2.32. The predicted molar refractivity (Wildman–Crippen MR) is 132 cm³/mol. The highest BCUT2D eigenvalue weighted by Gasteiger charge is 2.23. The summed E-state index contributed by atoms with van der Waals surface area (Å²) in [6, 6.07) is 14.7. The minimum Gasteiger partial charge on any atom is -0.478 e. The summed E-state index contributed by atoms with van der Waals surface area (Å²) in [6.07, 6.45) is -1.09. The van der Waals surface area contributed by atoms with Gasteiger partial charge in [0.1, 0.15) is 11.3 Å². The number of hydrogen-bond donors (Lipinski definition) is 1. The zero-order valence-electron chi connectivity index (χ0n) is 20.8. The molecule has 2 atom stereocenters. The molecule has 0 spiro atoms. The molecule has 4 rings (SSSR count). The molecule has 0 amide bonds. The van der Waals surface area contributed by atoms with Crippen LogP contribution in [0.5, 0.6) is 11.8 Å². The van der Waals surface area contributed by atoms with Gasteiger partial charge in [-0.2, -0.15) is 0 Å². The van der Waals surface area contributed by atoms with Crippen LogP contribution in [0.25, 0.3) is 22.2 Å². The normalized spacial score (nSPS) is 12.9. The van der Waals surface area contributed by atoms with Crippen LogP contribution in [0, 0.1) is 6.92 Å². The Morgan fingerprint density at radius 3 is 2.19 bits per heavy atom. The Hall–Kier alpha value is -4.02. The molecule has 36 heavy (non-hydrogen) atoms. The van der Waals surface area contributed by atoms with Crippen LogP contribution >= 0.6 is 0 Å². The lowest BCUT2D eigenvalue weighted by Crippen LogP contribution is -2.18. The molecule has 188 valence electrons. The minimum absolute atomic E-state index is 0.235. The summed E-state index contributed by atoms with van der Waals surface area (Å²) >= 11 is 0. The predicted octanol–water partition coefficient (Wildman–Crippen LogP) is 4.29. The molecule has 2 aromatic carbocycles. The van der Waals surface area contributed by atoms with E-state index in [0.29, 0.717) is 29.0 Å². The Bertz CT molecular complexity index is 1370. The van der Waals surface area contributed by atoms with Gasteiger partial charge < -0.3 is 28.6 Å². The maximum Gasteiger partial charge on any atom is 0.336 e. The Kier molecular flexibility index (Phi) is 7.47. The third kappa shape index (κ3) is 5.14. The van der Waals surface area contributed by atoms with Gasteiger partial charge in [0, 0.05) is 20.8 Å². The number of nitrogens with zero attached hydrogens (tertiary/aromatic N) is 4. The van der Waals surface area contributed by atoms with Gasteiger partial charge in [0.25, 0.3) is 11.8 Å². The lowest BCUT2D eigenvalue weighted by molar-refractivity contribution is -0.0445. The van der Waals surface area contributed by atoms with Gasteiger partial charge >= 0.3 is 5.97 Å². The number of carboxylic acids is 1. The quantitative estimate of drug-likeness (QED) is 0.323. The highest BCUT2D eigenvalue weighted by molar-refractivity contribution is 5.96. The standard InChI is InChI=1S/C26H28N4O6/c1-15-27-22-23(25(36-17(3)34-5)29-28-24(22)35-16(2)33-4)30(15)14-18-10-12-19(13-11-18)20-8-6-7-9-21(20)26(31)32/h6-13,16-17H,14H2,1-5H3,(H,31,32). The average Bonchev–Trinajstić information content (AvgIpc) is 3.21. The van der Waals surface area contributed by atoms with Crippen molar-refractivity contribution in [1.82, 2.24) is 19.7 Å². The fraction of sp³-hybridized carbons (Fsp3) is 0.308. The van der Waals surface area contributed by atoms with Crippen molar-refractivity contribution >= 4 is 17.0 Å². The second-order valence-corrected chi connectivity index (χ2v) is 8.14. The molecule has 4 aromatic rings. The van der Waals surface area contributed by atoms with E-state index >= 15 is 0 Å². The van der Waals surface area contributed by atoms with E-state index in [2.05, 4.69) is 15.2 Å². The minimum atomic E-state index is -0.963. The summed E-state index contributed by atoms with van der Waals surface area (Å²) in [4.78, 5) is 16.3. The summed E-state index contributed by atoms with van der Waals surface area (Å²) in [6.45, 7) is 5.85. The lowest BCUT2D eigenvalue weighted by atomic mass is 9.99. The molecule has 10 heteroatoms. The largest absolute Gasteiger partial charge is 0.478 e. The van der Waals surface area contributed by atoms with Crippen molar-refractivity contribution < 1.29 is 28.8 Å². The molecule has 0 aliphatic heterocycles. The van der Waals surface area contributed by atoms with E-state index in [9.17, 15) is 9.90 Å². The van der Waals surface area contributed by atoms with Gasteiger partial charge in [0.05, 0.1) is 5.56 Å². The first-order chi connectivity index (χ1) is 17.3. The van der Waals surface area contributed by atoms with E-state index in [0.717, 1.165) is 11.1 Å². The van der Waals surface area contributed by atoms with E-state index in [1.807, 2.05) is 41.8 Å². The molecule has 0 saturated heterocycles. The molecule has 0 fully saturated rings. The van der Waals surface area contributed by atoms with Crippen molar-refractivity contribution in [2.45, 2.75) is 39.9 Å². The van der Waals surface area contributed by atoms with Crippen molar-refractivity contribution in [3.05, 3.63) is 65.5 Å². The summed E-state index contributed by atoms with van der Waals surface area (Å²) in [5.74, 6) is 0.253. The first-order valence-electron chi connectivity index (χ1n) is 11.4. The van der Waals surface area contributed by atoms with Crippen molar-refractivity contribution in [3.8, 4) is 22.9 Å². The van der Waals surface area contributed by atoms with Gasteiger partial charge in [0.15, 0.2) is 18.1 Å². The maximum absolute atomic E-state index is 11.6. The van der Waals surface area contributed by atoms with Crippen LogP contribution in [-0.4, -0.2) is 57.6 Å². The molecule has 0 saturated carbocycles. The van der Waals surface area contributed by atoms with Gasteiger partial charge in [-0.1, -0.05) is 42.5 Å². The number of aryl methyl sites for hydroxylation is 1. The van der Waals surface area contributed by atoms with E-state index in [4.69, 9.17) is 18.9 Å². The highest BCUT2D eigenvalue weighted by atomic mass is 16.7. The summed E-state index contributed by atoms with van der Waals surface area (Å²) < 4.78 is 24.1. The smallest absolute Gasteiger partial charge is 0.336 e. The zero-order chi connectivity index (χ0) is 25.8. The molecule has 2 aromatic heterocycles. The van der Waals surface area contributed by atoms with Crippen LogP contribution < -0.4 is 9.47 Å². The van der Waals surface area contributed by atoms with Crippen molar-refractivity contribution in [2.75, 3.05) is 14.2 Å². The number of methoxy groups -OCH3 is 2. The number of carboxylic acid groups (broad SMARTS) is 1. The van der Waals surface area contributed by atoms with Crippen molar-refractivity contribution in [3.63, 3.8) is 0 Å². The molecular formula is C26H28N4O6. The van der Waals surface area contributed by atoms with Crippen LogP contribution in [0.1, 0.15) is 35.6 Å². The average molecular weight is 493 g/mol. The topological polar surface area (TPSA) is 118 Å². The van der Waals surface area contributed by atoms with Crippen LogP contribution in [-0.2, 0) is 16.0 Å². The molecule has 1 N–H and O–H groups in total. The van der Waals surface area contributed by atoms with E-state index in [1.165, 1.54) is 7.11 Å². The fourth-order valence-electron chi connectivity index (χ4n) is 3.77. The number of rotatable bonds is 10. The second kappa shape index (κ2) is 10.7. The zero-order valence-corrected chi connectivity index (χ0v) is 20.8. The van der Waals surface area contributed by atoms with E-state index in [-0.39, 0.29) is 17.3 Å². The Morgan fingerprint density at radius 2 is 1.56 bits per heavy atom. The summed E-state index contributed by atoms with van der Waals surface area (Å²) in [5.41, 5.74) is 3.82. The monoisotopic (exact) mass is 492 g/mol. The van der Waals surface area contributed by atoms with Gasteiger partial charge in [-0.3, -0.25) is 0 Å². The first kappa shape index (κ1) is 25.1. The Balaban J connectivity index is 1.73. The Labute approximate surface area is 208 Å². The molecule has 2 heterocycles. The number of fused-ring (bicyclic) bond motifs is 1. The third-order valence-electron chi connectivity index (χ3n) is 5.78. The molecule has 0 radical (unpaired) electrons. The molecule has 0 aliphatic rings. The van der Waals surface area contributed by atoms with Gasteiger partial charge in [0.2, 0.25) is 0 Å². The number of imidazole rings is 1. The number of aromatic nitrogens is 4. The number of ether oxygens (including phenoxy) is 4. The van der Waals surface area contributed by atoms with E-state index in [1.54, 1.807) is 39.2 Å². The number of hydrogen-bond acceptors (Lipinski definition) is 8. The van der Waals surface area contributed by atoms with Crippen LogP contribution in [0.2, 0.25) is 0 Å². The Morgan fingerprint density at radius 1 is 0.944 bits per heavy atom. The number of carbonyl (C=O) groups is 1. The molecule has 0 bridgehead atoms. The molecule has 0 aliphatic carbocycles. The molecule has 10 nitrogen and oxygen atoms in total. The summed E-state index contributed by atoms with van der Waals surface area (Å²) in [5, 5.41) is 17.9. The van der Waals surface area contributed by atoms with Crippen LogP contribution in [0.3, 0.4) is 0 Å². The molecule has 2 unspecified atom stereocenters. The first-order valence-corrected chi connectivity index (χ1v) is 11.4. The maximum atomic E-state index is 11.6. The van der Waals surface area contributed by atoms with Gasteiger partial charge in [-0.05, 0) is 43.5 Å². The fourth-order valence-corrected chi connectivity index (χ4v) is 3.77. The van der Waals surface area contributed by atoms with Gasteiger partial charge in [-0.15, -0.1) is 10.2 Å². The molecular weight excluding hydrogens is 464 g/mol. The van der Waals surface area contributed by atoms with Crippen molar-refractivity contribution in [2.24, 2.45) is 0 Å². The number of aromatic carboxylic acids is 1. The number of benzene rings is 2. The van der Waals surface area contributed by atoms with Gasteiger partial charge in [-0.25, -0.2) is 9.78 Å². The summed E-state index contributed by atoms with van der Waals surface area (Å²) in [7, 11) is 3.08. The van der Waals surface area contributed by atoms with Crippen LogP contribution in [0.15, 0.2) is 48.5 Å². The second-order valence-electron chi connectivity index (χ2n) is 8.14. The third-order valence-corrected chi connectivity index (χ3v) is 5.78. The van der Waals surface area contributed by atoms with Crippen molar-refractivity contribution in [1.29, 1.82) is 0 Å². The van der Waals surface area contributed by atoms with E-state index < -0.39 is 18.5 Å².